The zero-order valence-corrected chi connectivity index (χ0v) is 12.6. The number of nitriles is 1. The van der Waals surface area contributed by atoms with Gasteiger partial charge in [-0.05, 0) is 29.7 Å². The van der Waals surface area contributed by atoms with Gasteiger partial charge in [-0.2, -0.15) is 5.26 Å². The minimum absolute atomic E-state index is 0.114. The van der Waals surface area contributed by atoms with Gasteiger partial charge >= 0.3 is 0 Å². The molecule has 3 aromatic rings. The molecular formula is C18H15N3O2. The lowest BCUT2D eigenvalue weighted by Gasteiger charge is -2.09. The van der Waals surface area contributed by atoms with Crippen molar-refractivity contribution in [2.24, 2.45) is 0 Å². The number of anilines is 1. The average Bonchev–Trinajstić information content (AvgIpc) is 2.59. The predicted octanol–water partition coefficient (Wildman–Crippen LogP) is 3.02. The minimum Gasteiger partial charge on any atom is -0.495 e. The zero-order valence-electron chi connectivity index (χ0n) is 12.6. The van der Waals surface area contributed by atoms with Crippen molar-refractivity contribution < 1.29 is 4.74 Å². The first-order valence-electron chi connectivity index (χ1n) is 7.14. The van der Waals surface area contributed by atoms with Crippen molar-refractivity contribution >= 4 is 16.6 Å². The number of aromatic nitrogens is 1. The molecule has 0 radical (unpaired) electrons. The highest BCUT2D eigenvalue weighted by molar-refractivity contribution is 5.78. The minimum atomic E-state index is -0.114. The summed E-state index contributed by atoms with van der Waals surface area (Å²) < 4.78 is 5.18. The molecule has 5 nitrogen and oxygen atoms in total. The molecule has 23 heavy (non-hydrogen) atoms. The van der Waals surface area contributed by atoms with E-state index >= 15 is 0 Å². The number of hydrogen-bond donors (Lipinski definition) is 2. The van der Waals surface area contributed by atoms with Gasteiger partial charge in [0, 0.05) is 29.4 Å². The van der Waals surface area contributed by atoms with Crippen LogP contribution >= 0.6 is 0 Å². The second kappa shape index (κ2) is 6.24. The standard InChI is InChI=1S/C18H15N3O2/c1-23-17-9-15(7-6-13(17)10-19)20-11-14-8-12-4-2-3-5-16(12)21-18(14)22/h2-9,20H,11H2,1H3,(H,21,22). The van der Waals surface area contributed by atoms with Crippen molar-refractivity contribution in [3.8, 4) is 11.8 Å². The summed E-state index contributed by atoms with van der Waals surface area (Å²) in [7, 11) is 1.52. The number of hydrogen-bond acceptors (Lipinski definition) is 4. The number of ether oxygens (including phenoxy) is 1. The van der Waals surface area contributed by atoms with E-state index in [1.165, 1.54) is 7.11 Å². The van der Waals surface area contributed by atoms with Gasteiger partial charge in [0.15, 0.2) is 0 Å². The third-order valence-electron chi connectivity index (χ3n) is 3.64. The van der Waals surface area contributed by atoms with E-state index in [1.807, 2.05) is 30.3 Å². The number of fused-ring (bicyclic) bond motifs is 1. The number of rotatable bonds is 4. The average molecular weight is 305 g/mol. The largest absolute Gasteiger partial charge is 0.495 e. The molecule has 0 saturated heterocycles. The van der Waals surface area contributed by atoms with E-state index in [4.69, 9.17) is 10.00 Å². The first kappa shape index (κ1) is 14.7. The Kier molecular flexibility index (Phi) is 3.98. The van der Waals surface area contributed by atoms with Crippen LogP contribution < -0.4 is 15.6 Å². The molecule has 0 aliphatic rings. The van der Waals surface area contributed by atoms with Gasteiger partial charge in [0.25, 0.3) is 5.56 Å². The van der Waals surface area contributed by atoms with Crippen LogP contribution in [0.25, 0.3) is 10.9 Å². The molecule has 5 heteroatoms. The summed E-state index contributed by atoms with van der Waals surface area (Å²) in [4.78, 5) is 15.0. The zero-order chi connectivity index (χ0) is 16.2. The van der Waals surface area contributed by atoms with Gasteiger partial charge in [0.2, 0.25) is 0 Å². The number of benzene rings is 2. The molecule has 0 amide bonds. The lowest BCUT2D eigenvalue weighted by atomic mass is 10.1. The molecule has 1 aromatic heterocycles. The lowest BCUT2D eigenvalue weighted by Crippen LogP contribution is -2.15. The molecule has 0 fully saturated rings. The summed E-state index contributed by atoms with van der Waals surface area (Å²) in [6, 6.07) is 16.8. The molecule has 0 spiro atoms. The third-order valence-corrected chi connectivity index (χ3v) is 3.64. The van der Waals surface area contributed by atoms with Crippen molar-refractivity contribution in [3.63, 3.8) is 0 Å². The van der Waals surface area contributed by atoms with E-state index < -0.39 is 0 Å². The number of nitrogens with one attached hydrogen (secondary N) is 2. The summed E-state index contributed by atoms with van der Waals surface area (Å²) >= 11 is 0. The number of H-pyrrole nitrogens is 1. The molecule has 0 bridgehead atoms. The maximum atomic E-state index is 12.1. The molecule has 2 N–H and O–H groups in total. The van der Waals surface area contributed by atoms with Crippen LogP contribution in [0.4, 0.5) is 5.69 Å². The van der Waals surface area contributed by atoms with Gasteiger partial charge in [0.05, 0.1) is 12.7 Å². The van der Waals surface area contributed by atoms with E-state index in [-0.39, 0.29) is 5.56 Å². The van der Waals surface area contributed by atoms with Gasteiger partial charge in [0.1, 0.15) is 11.8 Å². The Labute approximate surface area is 133 Å². The highest BCUT2D eigenvalue weighted by Gasteiger charge is 2.06. The van der Waals surface area contributed by atoms with Gasteiger partial charge in [-0.15, -0.1) is 0 Å². The first-order chi connectivity index (χ1) is 11.2. The predicted molar refractivity (Wildman–Crippen MR) is 89.6 cm³/mol. The second-order valence-corrected chi connectivity index (χ2v) is 5.09. The number of para-hydroxylation sites is 1. The van der Waals surface area contributed by atoms with E-state index in [0.29, 0.717) is 23.4 Å². The number of nitrogens with zero attached hydrogens (tertiary/aromatic N) is 1. The molecule has 2 aromatic carbocycles. The van der Waals surface area contributed by atoms with E-state index in [0.717, 1.165) is 16.6 Å². The molecule has 0 atom stereocenters. The van der Waals surface area contributed by atoms with Crippen LogP contribution in [0.5, 0.6) is 5.75 Å². The SMILES string of the molecule is COc1cc(NCc2cc3ccccc3[nH]c2=O)ccc1C#N. The van der Waals surface area contributed by atoms with Crippen molar-refractivity contribution in [2.75, 3.05) is 12.4 Å². The van der Waals surface area contributed by atoms with Crippen molar-refractivity contribution in [1.29, 1.82) is 5.26 Å². The van der Waals surface area contributed by atoms with Crippen LogP contribution in [-0.2, 0) is 6.54 Å². The molecule has 3 rings (SSSR count). The molecule has 1 heterocycles. The Bertz CT molecular complexity index is 954. The van der Waals surface area contributed by atoms with E-state index in [1.54, 1.807) is 18.2 Å². The molecule has 0 aliphatic carbocycles. The topological polar surface area (TPSA) is 77.9 Å². The van der Waals surface area contributed by atoms with Crippen LogP contribution in [0.15, 0.2) is 53.3 Å². The quantitative estimate of drug-likeness (QED) is 0.776. The maximum absolute atomic E-state index is 12.1. The van der Waals surface area contributed by atoms with Gasteiger partial charge in [-0.3, -0.25) is 4.79 Å². The monoisotopic (exact) mass is 305 g/mol. The van der Waals surface area contributed by atoms with Crippen molar-refractivity contribution in [3.05, 3.63) is 70.0 Å². The van der Waals surface area contributed by atoms with Gasteiger partial charge < -0.3 is 15.0 Å². The molecule has 0 aliphatic heterocycles. The fourth-order valence-corrected chi connectivity index (χ4v) is 2.41. The summed E-state index contributed by atoms with van der Waals surface area (Å²) in [6.07, 6.45) is 0. The number of aromatic amines is 1. The third kappa shape index (κ3) is 3.01. The number of pyridine rings is 1. The Hall–Kier alpha value is -3.26. The van der Waals surface area contributed by atoms with Crippen LogP contribution in [0.2, 0.25) is 0 Å². The fraction of sp³-hybridized carbons (Fsp3) is 0.111. The lowest BCUT2D eigenvalue weighted by molar-refractivity contribution is 0.413. The summed E-state index contributed by atoms with van der Waals surface area (Å²) in [5.41, 5.74) is 2.61. The van der Waals surface area contributed by atoms with Gasteiger partial charge in [-0.1, -0.05) is 18.2 Å². The Balaban J connectivity index is 1.85. The van der Waals surface area contributed by atoms with E-state index in [9.17, 15) is 4.79 Å². The summed E-state index contributed by atoms with van der Waals surface area (Å²) in [5, 5.41) is 13.2. The fourth-order valence-electron chi connectivity index (χ4n) is 2.41. The van der Waals surface area contributed by atoms with Crippen molar-refractivity contribution in [2.45, 2.75) is 6.54 Å². The van der Waals surface area contributed by atoms with Crippen LogP contribution in [0.3, 0.4) is 0 Å². The van der Waals surface area contributed by atoms with Gasteiger partial charge in [-0.25, -0.2) is 0 Å². The first-order valence-corrected chi connectivity index (χ1v) is 7.14. The molecule has 114 valence electrons. The highest BCUT2D eigenvalue weighted by Crippen LogP contribution is 2.22. The summed E-state index contributed by atoms with van der Waals surface area (Å²) in [5.74, 6) is 0.505. The smallest absolute Gasteiger partial charge is 0.253 e. The molecular weight excluding hydrogens is 290 g/mol. The maximum Gasteiger partial charge on any atom is 0.253 e. The Morgan fingerprint density at radius 3 is 2.83 bits per heavy atom. The van der Waals surface area contributed by atoms with E-state index in [2.05, 4.69) is 16.4 Å². The van der Waals surface area contributed by atoms with Crippen LogP contribution in [-0.4, -0.2) is 12.1 Å². The van der Waals surface area contributed by atoms with Crippen LogP contribution in [0.1, 0.15) is 11.1 Å². The molecule has 0 unspecified atom stereocenters. The highest BCUT2D eigenvalue weighted by atomic mass is 16.5. The summed E-state index contributed by atoms with van der Waals surface area (Å²) in [6.45, 7) is 0.384. The normalized spacial score (nSPS) is 10.3. The van der Waals surface area contributed by atoms with Crippen LogP contribution in [0, 0.1) is 11.3 Å². The Morgan fingerprint density at radius 1 is 1.22 bits per heavy atom. The second-order valence-electron chi connectivity index (χ2n) is 5.09. The van der Waals surface area contributed by atoms with Crippen molar-refractivity contribution in [1.82, 2.24) is 4.98 Å². The number of methoxy groups -OCH3 is 1. The Morgan fingerprint density at radius 2 is 2.04 bits per heavy atom. The molecule has 0 saturated carbocycles.